The number of carbonyl (C=O) groups is 1. The Hall–Kier alpha value is -2.02. The van der Waals surface area contributed by atoms with E-state index in [1.165, 1.54) is 18.5 Å². The van der Waals surface area contributed by atoms with Gasteiger partial charge in [-0.1, -0.05) is 19.9 Å². The summed E-state index contributed by atoms with van der Waals surface area (Å²) in [6, 6.07) is 6.16. The van der Waals surface area contributed by atoms with Gasteiger partial charge in [0.25, 0.3) is 0 Å². The van der Waals surface area contributed by atoms with Crippen molar-refractivity contribution in [2.45, 2.75) is 31.0 Å². The molecule has 0 spiro atoms. The summed E-state index contributed by atoms with van der Waals surface area (Å²) in [4.78, 5) is 15.6. The monoisotopic (exact) mass is 307 g/mol. The Morgan fingerprint density at radius 2 is 2.19 bits per heavy atom. The quantitative estimate of drug-likeness (QED) is 0.881. The highest BCUT2D eigenvalue weighted by molar-refractivity contribution is 7.84. The molecule has 6 nitrogen and oxygen atoms in total. The maximum Gasteiger partial charge on any atom is 0.335 e. The Kier molecular flexibility index (Phi) is 4.85. The minimum Gasteiger partial charge on any atom is -0.478 e. The molecule has 1 unspecified atom stereocenters. The van der Waals surface area contributed by atoms with Gasteiger partial charge < -0.3 is 5.11 Å². The van der Waals surface area contributed by atoms with Crippen LogP contribution < -0.4 is 0 Å². The summed E-state index contributed by atoms with van der Waals surface area (Å²) in [6.45, 7) is 4.85. The van der Waals surface area contributed by atoms with E-state index >= 15 is 0 Å². The molecule has 2 aromatic rings. The summed E-state index contributed by atoms with van der Waals surface area (Å²) < 4.78 is 14.1. The van der Waals surface area contributed by atoms with Crippen molar-refractivity contribution in [1.82, 2.24) is 14.8 Å². The fraction of sp³-hybridized carbons (Fsp3) is 0.357. The third-order valence-electron chi connectivity index (χ3n) is 2.84. The molecule has 21 heavy (non-hydrogen) atoms. The van der Waals surface area contributed by atoms with E-state index in [4.69, 9.17) is 5.11 Å². The van der Waals surface area contributed by atoms with Gasteiger partial charge in [0.05, 0.1) is 22.1 Å². The highest BCUT2D eigenvalue weighted by Gasteiger charge is 2.13. The van der Waals surface area contributed by atoms with E-state index in [0.29, 0.717) is 23.2 Å². The summed E-state index contributed by atoms with van der Waals surface area (Å²) in [5.41, 5.74) is 0.129. The first-order chi connectivity index (χ1) is 9.97. The van der Waals surface area contributed by atoms with E-state index in [2.05, 4.69) is 23.9 Å². The Balaban J connectivity index is 2.17. The van der Waals surface area contributed by atoms with E-state index in [1.54, 1.807) is 16.8 Å². The average molecular weight is 307 g/mol. The molecule has 1 aromatic carbocycles. The Labute approximate surface area is 125 Å². The number of carboxylic acids is 1. The topological polar surface area (TPSA) is 85.1 Å². The molecule has 0 amide bonds. The van der Waals surface area contributed by atoms with Gasteiger partial charge in [-0.25, -0.2) is 14.5 Å². The molecule has 1 aromatic heterocycles. The molecule has 0 radical (unpaired) electrons. The van der Waals surface area contributed by atoms with Gasteiger partial charge in [-0.05, 0) is 24.1 Å². The van der Waals surface area contributed by atoms with Gasteiger partial charge in [-0.2, -0.15) is 5.10 Å². The molecular formula is C14H17N3O3S. The number of hydrogen-bond donors (Lipinski definition) is 1. The van der Waals surface area contributed by atoms with Crippen LogP contribution in [0.2, 0.25) is 0 Å². The lowest BCUT2D eigenvalue weighted by molar-refractivity contribution is 0.0696. The molecule has 1 atom stereocenters. The third kappa shape index (κ3) is 3.98. The van der Waals surface area contributed by atoms with Crippen LogP contribution in [0.15, 0.2) is 35.5 Å². The van der Waals surface area contributed by atoms with Crippen LogP contribution in [0.4, 0.5) is 0 Å². The number of carboxylic acid groups (broad SMARTS) is 1. The van der Waals surface area contributed by atoms with Crippen LogP contribution >= 0.6 is 0 Å². The van der Waals surface area contributed by atoms with Crippen molar-refractivity contribution < 1.29 is 14.1 Å². The van der Waals surface area contributed by atoms with Crippen LogP contribution in [0.25, 0.3) is 0 Å². The molecule has 1 heterocycles. The van der Waals surface area contributed by atoms with Crippen molar-refractivity contribution in [2.24, 2.45) is 5.92 Å². The van der Waals surface area contributed by atoms with E-state index in [-0.39, 0.29) is 11.3 Å². The standard InChI is InChI=1S/C14H17N3O3S/c1-10(2)7-17-13(15-9-16-17)8-21(20)12-5-3-4-11(6-12)14(18)19/h3-6,9-10H,7-8H2,1-2H3,(H,18,19). The normalized spacial score (nSPS) is 12.5. The van der Waals surface area contributed by atoms with Gasteiger partial charge in [-0.3, -0.25) is 4.21 Å². The summed E-state index contributed by atoms with van der Waals surface area (Å²) in [6.07, 6.45) is 1.45. The number of benzene rings is 1. The van der Waals surface area contributed by atoms with Crippen LogP contribution in [-0.4, -0.2) is 30.0 Å². The first-order valence-electron chi connectivity index (χ1n) is 6.55. The molecule has 0 saturated carbocycles. The SMILES string of the molecule is CC(C)Cn1ncnc1CS(=O)c1cccc(C(=O)O)c1. The highest BCUT2D eigenvalue weighted by Crippen LogP contribution is 2.14. The van der Waals surface area contributed by atoms with Crippen LogP contribution in [0, 0.1) is 5.92 Å². The molecule has 0 aliphatic heterocycles. The predicted octanol–water partition coefficient (Wildman–Crippen LogP) is 1.94. The molecule has 0 fully saturated rings. The number of rotatable bonds is 6. The smallest absolute Gasteiger partial charge is 0.335 e. The average Bonchev–Trinajstić information content (AvgIpc) is 2.85. The van der Waals surface area contributed by atoms with Gasteiger partial charge in [0.1, 0.15) is 12.2 Å². The number of hydrogen-bond acceptors (Lipinski definition) is 4. The molecule has 0 aliphatic rings. The lowest BCUT2D eigenvalue weighted by Crippen LogP contribution is -2.12. The van der Waals surface area contributed by atoms with Crippen LogP contribution in [0.1, 0.15) is 30.0 Å². The Bertz CT molecular complexity index is 667. The second-order valence-electron chi connectivity index (χ2n) is 5.08. The van der Waals surface area contributed by atoms with Crippen molar-refractivity contribution in [2.75, 3.05) is 0 Å². The predicted molar refractivity (Wildman–Crippen MR) is 78.4 cm³/mol. The van der Waals surface area contributed by atoms with E-state index in [1.807, 2.05) is 0 Å². The first kappa shape index (κ1) is 15.4. The van der Waals surface area contributed by atoms with Crippen LogP contribution in [0.3, 0.4) is 0 Å². The maximum absolute atomic E-state index is 12.4. The number of aromatic carboxylic acids is 1. The molecule has 2 rings (SSSR count). The number of nitrogens with zero attached hydrogens (tertiary/aromatic N) is 3. The van der Waals surface area contributed by atoms with E-state index in [9.17, 15) is 9.00 Å². The molecule has 7 heteroatoms. The van der Waals surface area contributed by atoms with Gasteiger partial charge >= 0.3 is 5.97 Å². The Morgan fingerprint density at radius 1 is 1.43 bits per heavy atom. The molecule has 0 bridgehead atoms. The van der Waals surface area contributed by atoms with Gasteiger partial charge in [0, 0.05) is 11.4 Å². The zero-order chi connectivity index (χ0) is 15.4. The zero-order valence-corrected chi connectivity index (χ0v) is 12.7. The lowest BCUT2D eigenvalue weighted by atomic mass is 10.2. The van der Waals surface area contributed by atoms with Crippen molar-refractivity contribution in [3.05, 3.63) is 42.0 Å². The maximum atomic E-state index is 12.4. The first-order valence-corrected chi connectivity index (χ1v) is 7.87. The third-order valence-corrected chi connectivity index (χ3v) is 4.14. The molecule has 0 saturated heterocycles. The molecule has 112 valence electrons. The molecule has 0 aliphatic carbocycles. The van der Waals surface area contributed by atoms with Gasteiger partial charge in [0.15, 0.2) is 0 Å². The van der Waals surface area contributed by atoms with Crippen molar-refractivity contribution in [3.63, 3.8) is 0 Å². The van der Waals surface area contributed by atoms with Crippen LogP contribution in [-0.2, 0) is 23.1 Å². The van der Waals surface area contributed by atoms with Crippen molar-refractivity contribution in [3.8, 4) is 0 Å². The second kappa shape index (κ2) is 6.62. The lowest BCUT2D eigenvalue weighted by Gasteiger charge is -2.08. The van der Waals surface area contributed by atoms with E-state index < -0.39 is 16.8 Å². The van der Waals surface area contributed by atoms with Crippen molar-refractivity contribution >= 4 is 16.8 Å². The van der Waals surface area contributed by atoms with Gasteiger partial charge in [-0.15, -0.1) is 0 Å². The summed E-state index contributed by atoms with van der Waals surface area (Å²) >= 11 is 0. The largest absolute Gasteiger partial charge is 0.478 e. The minimum atomic E-state index is -1.35. The molecular weight excluding hydrogens is 290 g/mol. The van der Waals surface area contributed by atoms with Crippen LogP contribution in [0.5, 0.6) is 0 Å². The number of aromatic nitrogens is 3. The van der Waals surface area contributed by atoms with Gasteiger partial charge in [0.2, 0.25) is 0 Å². The summed E-state index contributed by atoms with van der Waals surface area (Å²) in [7, 11) is -1.35. The Morgan fingerprint density at radius 3 is 2.86 bits per heavy atom. The van der Waals surface area contributed by atoms with Crippen molar-refractivity contribution in [1.29, 1.82) is 0 Å². The fourth-order valence-electron chi connectivity index (χ4n) is 1.87. The summed E-state index contributed by atoms with van der Waals surface area (Å²) in [5.74, 6) is 0.240. The zero-order valence-electron chi connectivity index (χ0n) is 11.9. The minimum absolute atomic E-state index is 0.129. The summed E-state index contributed by atoms with van der Waals surface area (Å²) in [5, 5.41) is 13.1. The molecule has 1 N–H and O–H groups in total. The van der Waals surface area contributed by atoms with E-state index in [0.717, 1.165) is 0 Å². The highest BCUT2D eigenvalue weighted by atomic mass is 32.2. The fourth-order valence-corrected chi connectivity index (χ4v) is 2.98. The second-order valence-corrected chi connectivity index (χ2v) is 6.53.